The van der Waals surface area contributed by atoms with Crippen LogP contribution >= 0.6 is 0 Å². The minimum Gasteiger partial charge on any atom is -0.497 e. The maximum Gasteiger partial charge on any atom is 0.119 e. The molecule has 1 aliphatic heterocycles. The number of fused-ring (bicyclic) bond motifs is 2. The summed E-state index contributed by atoms with van der Waals surface area (Å²) < 4.78 is 5.37. The molecule has 0 amide bonds. The first kappa shape index (κ1) is 14.6. The second-order valence-electron chi connectivity index (χ2n) is 5.89. The van der Waals surface area contributed by atoms with Gasteiger partial charge < -0.3 is 10.1 Å². The lowest BCUT2D eigenvalue weighted by Crippen LogP contribution is -1.98. The molecule has 1 heterocycles. The number of nitrogens with one attached hydrogen (secondary N) is 1. The number of anilines is 1. The molecule has 0 radical (unpaired) electrons. The van der Waals surface area contributed by atoms with Gasteiger partial charge in [-0.15, -0.1) is 0 Å². The lowest BCUT2D eigenvalue weighted by atomic mass is 9.92. The van der Waals surface area contributed by atoms with Gasteiger partial charge in [-0.2, -0.15) is 0 Å². The minimum absolute atomic E-state index is 0.836. The Bertz CT molecular complexity index is 862. The van der Waals surface area contributed by atoms with Crippen molar-refractivity contribution in [2.24, 2.45) is 0 Å². The molecule has 2 nitrogen and oxygen atoms in total. The van der Waals surface area contributed by atoms with E-state index < -0.39 is 0 Å². The van der Waals surface area contributed by atoms with E-state index in [9.17, 15) is 0 Å². The number of benzene rings is 3. The molecule has 3 aromatic rings. The van der Waals surface area contributed by atoms with Gasteiger partial charge in [-0.25, -0.2) is 0 Å². The zero-order valence-corrected chi connectivity index (χ0v) is 13.6. The van der Waals surface area contributed by atoms with Crippen molar-refractivity contribution in [1.82, 2.24) is 0 Å². The average molecular weight is 313 g/mol. The van der Waals surface area contributed by atoms with Crippen LogP contribution in [0.2, 0.25) is 0 Å². The van der Waals surface area contributed by atoms with E-state index in [1.807, 2.05) is 12.1 Å². The summed E-state index contributed by atoms with van der Waals surface area (Å²) in [6.07, 6.45) is 2.24. The van der Waals surface area contributed by atoms with Gasteiger partial charge in [-0.05, 0) is 46.5 Å². The van der Waals surface area contributed by atoms with Crippen molar-refractivity contribution in [2.45, 2.75) is 6.54 Å². The fourth-order valence-electron chi connectivity index (χ4n) is 3.20. The van der Waals surface area contributed by atoms with Crippen molar-refractivity contribution in [2.75, 3.05) is 12.4 Å². The Labute approximate surface area is 142 Å². The van der Waals surface area contributed by atoms with Gasteiger partial charge in [0.25, 0.3) is 0 Å². The maximum absolute atomic E-state index is 5.37. The summed E-state index contributed by atoms with van der Waals surface area (Å²) in [6, 6.07) is 25.2. The Hall–Kier alpha value is -3.00. The highest BCUT2D eigenvalue weighted by Crippen LogP contribution is 2.36. The topological polar surface area (TPSA) is 21.3 Å². The molecule has 2 heteroatoms. The normalized spacial score (nSPS) is 14.3. The summed E-state index contributed by atoms with van der Waals surface area (Å²) >= 11 is 0. The van der Waals surface area contributed by atoms with E-state index in [-0.39, 0.29) is 0 Å². The molecule has 118 valence electrons. The van der Waals surface area contributed by atoms with Crippen molar-refractivity contribution in [3.63, 3.8) is 0 Å². The Kier molecular flexibility index (Phi) is 3.80. The van der Waals surface area contributed by atoms with E-state index in [1.54, 1.807) is 7.11 Å². The highest BCUT2D eigenvalue weighted by molar-refractivity contribution is 5.97. The molecule has 1 aliphatic rings. The molecule has 0 spiro atoms. The van der Waals surface area contributed by atoms with Crippen LogP contribution < -0.4 is 10.1 Å². The summed E-state index contributed by atoms with van der Waals surface area (Å²) in [6.45, 7) is 0.836. The van der Waals surface area contributed by atoms with Crippen molar-refractivity contribution in [3.05, 3.63) is 95.1 Å². The van der Waals surface area contributed by atoms with Gasteiger partial charge in [-0.1, -0.05) is 54.6 Å². The van der Waals surface area contributed by atoms with E-state index >= 15 is 0 Å². The molecule has 0 saturated heterocycles. The molecule has 0 fully saturated rings. The lowest BCUT2D eigenvalue weighted by molar-refractivity contribution is 0.414. The highest BCUT2D eigenvalue weighted by Gasteiger charge is 2.17. The zero-order valence-electron chi connectivity index (χ0n) is 13.6. The van der Waals surface area contributed by atoms with E-state index in [2.05, 4.69) is 72.1 Å². The fraction of sp³-hybridized carbons (Fsp3) is 0.0909. The Morgan fingerprint density at radius 3 is 2.54 bits per heavy atom. The van der Waals surface area contributed by atoms with Crippen LogP contribution in [0.5, 0.6) is 5.75 Å². The van der Waals surface area contributed by atoms with Crippen LogP contribution in [-0.4, -0.2) is 7.11 Å². The van der Waals surface area contributed by atoms with E-state index in [0.29, 0.717) is 0 Å². The predicted octanol–water partition coefficient (Wildman–Crippen LogP) is 5.21. The number of hydrogen-bond donors (Lipinski definition) is 1. The first-order valence-corrected chi connectivity index (χ1v) is 8.12. The van der Waals surface area contributed by atoms with Crippen LogP contribution in [0.1, 0.15) is 22.3 Å². The molecule has 24 heavy (non-hydrogen) atoms. The van der Waals surface area contributed by atoms with Crippen molar-refractivity contribution in [3.8, 4) is 5.75 Å². The SMILES string of the molecule is COc1cccc(C=C2c3ccccc3CNc3ccccc32)c1. The van der Waals surface area contributed by atoms with Gasteiger partial charge in [0.1, 0.15) is 5.75 Å². The smallest absolute Gasteiger partial charge is 0.119 e. The molecule has 0 atom stereocenters. The average Bonchev–Trinajstić information content (AvgIpc) is 2.80. The van der Waals surface area contributed by atoms with E-state index in [1.165, 1.54) is 28.0 Å². The number of ether oxygens (including phenoxy) is 1. The third-order valence-electron chi connectivity index (χ3n) is 4.40. The molecular formula is C22H19NO. The van der Waals surface area contributed by atoms with Gasteiger partial charge in [-0.3, -0.25) is 0 Å². The van der Waals surface area contributed by atoms with Crippen molar-refractivity contribution >= 4 is 17.3 Å². The Morgan fingerprint density at radius 1 is 0.875 bits per heavy atom. The minimum atomic E-state index is 0.836. The Morgan fingerprint density at radius 2 is 1.67 bits per heavy atom. The molecule has 0 bridgehead atoms. The van der Waals surface area contributed by atoms with Crippen LogP contribution in [-0.2, 0) is 6.54 Å². The molecule has 3 aromatic carbocycles. The zero-order chi connectivity index (χ0) is 16.4. The molecule has 0 aliphatic carbocycles. The summed E-state index contributed by atoms with van der Waals surface area (Å²) in [7, 11) is 1.70. The van der Waals surface area contributed by atoms with Crippen LogP contribution in [0.15, 0.2) is 72.8 Å². The molecular weight excluding hydrogens is 294 g/mol. The maximum atomic E-state index is 5.37. The predicted molar refractivity (Wildman–Crippen MR) is 100 cm³/mol. The standard InChI is InChI=1S/C22H19NO/c1-24-18-9-6-7-16(13-18)14-21-19-10-3-2-8-17(19)15-23-22-12-5-4-11-20(21)22/h2-14,23H,15H2,1H3. The van der Waals surface area contributed by atoms with Crippen LogP contribution in [0.3, 0.4) is 0 Å². The number of para-hydroxylation sites is 1. The van der Waals surface area contributed by atoms with E-state index in [4.69, 9.17) is 4.74 Å². The first-order chi connectivity index (χ1) is 11.8. The summed E-state index contributed by atoms with van der Waals surface area (Å²) in [4.78, 5) is 0. The Balaban J connectivity index is 1.94. The molecule has 0 unspecified atom stereocenters. The van der Waals surface area contributed by atoms with Crippen LogP contribution in [0.4, 0.5) is 5.69 Å². The molecule has 4 rings (SSSR count). The molecule has 0 aromatic heterocycles. The lowest BCUT2D eigenvalue weighted by Gasteiger charge is -2.11. The monoisotopic (exact) mass is 313 g/mol. The molecule has 1 N–H and O–H groups in total. The number of rotatable bonds is 2. The van der Waals surface area contributed by atoms with Crippen LogP contribution in [0.25, 0.3) is 11.6 Å². The van der Waals surface area contributed by atoms with Gasteiger partial charge >= 0.3 is 0 Å². The van der Waals surface area contributed by atoms with E-state index in [0.717, 1.165) is 17.9 Å². The summed E-state index contributed by atoms with van der Waals surface area (Å²) in [5.74, 6) is 0.873. The first-order valence-electron chi connectivity index (χ1n) is 8.12. The van der Waals surface area contributed by atoms with Gasteiger partial charge in [0, 0.05) is 17.8 Å². The van der Waals surface area contributed by atoms with Gasteiger partial charge in [0.05, 0.1) is 7.11 Å². The summed E-state index contributed by atoms with van der Waals surface area (Å²) in [5.41, 5.74) is 7.35. The quantitative estimate of drug-likeness (QED) is 0.701. The third-order valence-corrected chi connectivity index (χ3v) is 4.40. The van der Waals surface area contributed by atoms with Crippen molar-refractivity contribution in [1.29, 1.82) is 0 Å². The second kappa shape index (κ2) is 6.25. The van der Waals surface area contributed by atoms with Gasteiger partial charge in [0.15, 0.2) is 0 Å². The highest BCUT2D eigenvalue weighted by atomic mass is 16.5. The third kappa shape index (κ3) is 2.67. The number of hydrogen-bond acceptors (Lipinski definition) is 2. The second-order valence-corrected chi connectivity index (χ2v) is 5.89. The van der Waals surface area contributed by atoms with Crippen molar-refractivity contribution < 1.29 is 4.74 Å². The molecule has 0 saturated carbocycles. The number of methoxy groups -OCH3 is 1. The largest absolute Gasteiger partial charge is 0.497 e. The van der Waals surface area contributed by atoms with Crippen LogP contribution in [0, 0.1) is 0 Å². The summed E-state index contributed by atoms with van der Waals surface area (Å²) in [5, 5.41) is 3.55. The van der Waals surface area contributed by atoms with Gasteiger partial charge in [0.2, 0.25) is 0 Å². The fourth-order valence-corrected chi connectivity index (χ4v) is 3.20.